The van der Waals surface area contributed by atoms with E-state index in [9.17, 15) is 42.3 Å². The third-order valence-electron chi connectivity index (χ3n) is 8.13. The van der Waals surface area contributed by atoms with E-state index in [2.05, 4.69) is 16.0 Å². The Kier molecular flexibility index (Phi) is 16.2. The van der Waals surface area contributed by atoms with Crippen LogP contribution in [0.25, 0.3) is 11.1 Å². The number of halogens is 3. The number of carbonyl (C=O) groups is 5. The second-order valence-corrected chi connectivity index (χ2v) is 13.2. The summed E-state index contributed by atoms with van der Waals surface area (Å²) in [4.78, 5) is 64.8. The van der Waals surface area contributed by atoms with Gasteiger partial charge in [0.15, 0.2) is 6.10 Å². The summed E-state index contributed by atoms with van der Waals surface area (Å²) < 4.78 is 39.9. The SMILES string of the molecule is CSCCC[C@@H](NC(=O)c1ccc(-c2ccccc2)cc1)C(=O)N[C@@H](Cc1ccccc1)C(=O)N[C@@H](C)C(=O)NC(CCC(N)=O)C(O)C(F)(F)F. The third-order valence-corrected chi connectivity index (χ3v) is 8.83. The molecule has 3 aromatic rings. The van der Waals surface area contributed by atoms with Gasteiger partial charge in [-0.15, -0.1) is 0 Å². The summed E-state index contributed by atoms with van der Waals surface area (Å²) in [6.45, 7) is 1.22. The zero-order valence-corrected chi connectivity index (χ0v) is 29.6. The molecular formula is C37H44F3N5O6S. The average Bonchev–Trinajstić information content (AvgIpc) is 3.12. The Morgan fingerprint density at radius 3 is 1.90 bits per heavy atom. The van der Waals surface area contributed by atoms with E-state index >= 15 is 0 Å². The maximum Gasteiger partial charge on any atom is 0.416 e. The van der Waals surface area contributed by atoms with Gasteiger partial charge in [0, 0.05) is 18.4 Å². The molecule has 0 aromatic heterocycles. The first-order valence-corrected chi connectivity index (χ1v) is 18.0. The van der Waals surface area contributed by atoms with Crippen LogP contribution in [-0.2, 0) is 25.6 Å². The van der Waals surface area contributed by atoms with Crippen LogP contribution in [0.5, 0.6) is 0 Å². The van der Waals surface area contributed by atoms with Crippen molar-refractivity contribution in [3.05, 3.63) is 96.1 Å². The van der Waals surface area contributed by atoms with Crippen molar-refractivity contribution in [2.45, 2.75) is 75.5 Å². The molecule has 0 radical (unpaired) electrons. The van der Waals surface area contributed by atoms with Gasteiger partial charge < -0.3 is 32.1 Å². The Labute approximate surface area is 304 Å². The summed E-state index contributed by atoms with van der Waals surface area (Å²) in [5, 5.41) is 19.7. The van der Waals surface area contributed by atoms with E-state index in [0.29, 0.717) is 23.3 Å². The number of rotatable bonds is 19. The van der Waals surface area contributed by atoms with Gasteiger partial charge in [-0.3, -0.25) is 24.0 Å². The molecule has 0 fully saturated rings. The van der Waals surface area contributed by atoms with Crippen molar-refractivity contribution < 1.29 is 42.3 Å². The second kappa shape index (κ2) is 20.2. The maximum absolute atomic E-state index is 13.7. The van der Waals surface area contributed by atoms with E-state index in [1.807, 2.05) is 41.9 Å². The highest BCUT2D eigenvalue weighted by atomic mass is 32.2. The normalized spacial score (nSPS) is 14.2. The first-order valence-electron chi connectivity index (χ1n) is 16.6. The minimum atomic E-state index is -5.11. The molecule has 3 aromatic carbocycles. The number of nitrogens with one attached hydrogen (secondary N) is 4. The van der Waals surface area contributed by atoms with Crippen LogP contribution < -0.4 is 27.0 Å². The zero-order chi connectivity index (χ0) is 38.3. The number of nitrogens with two attached hydrogens (primary N) is 1. The van der Waals surface area contributed by atoms with Crippen molar-refractivity contribution in [1.29, 1.82) is 0 Å². The van der Waals surface area contributed by atoms with Gasteiger partial charge in [-0.25, -0.2) is 0 Å². The molecule has 0 aliphatic heterocycles. The first kappa shape index (κ1) is 41.5. The van der Waals surface area contributed by atoms with E-state index < -0.39 is 78.8 Å². The molecule has 0 aliphatic rings. The maximum atomic E-state index is 13.7. The Balaban J connectivity index is 1.77. The van der Waals surface area contributed by atoms with Crippen LogP contribution in [0.1, 0.15) is 48.5 Å². The number of aliphatic hydroxyl groups is 1. The fourth-order valence-electron chi connectivity index (χ4n) is 5.24. The van der Waals surface area contributed by atoms with Crippen LogP contribution in [0.3, 0.4) is 0 Å². The summed E-state index contributed by atoms with van der Waals surface area (Å²) in [5.41, 5.74) is 7.90. The van der Waals surface area contributed by atoms with E-state index in [-0.39, 0.29) is 12.8 Å². The molecule has 11 nitrogen and oxygen atoms in total. The Hall–Kier alpha value is -4.89. The molecule has 7 N–H and O–H groups in total. The van der Waals surface area contributed by atoms with Crippen molar-refractivity contribution >= 4 is 41.3 Å². The Morgan fingerprint density at radius 2 is 1.33 bits per heavy atom. The van der Waals surface area contributed by atoms with E-state index in [0.717, 1.165) is 11.1 Å². The summed E-state index contributed by atoms with van der Waals surface area (Å²) in [6, 6.07) is 19.5. The quantitative estimate of drug-likeness (QED) is 0.102. The molecule has 5 amide bonds. The molecule has 2 unspecified atom stereocenters. The van der Waals surface area contributed by atoms with Gasteiger partial charge in [0.2, 0.25) is 23.6 Å². The van der Waals surface area contributed by atoms with Crippen LogP contribution in [0.15, 0.2) is 84.9 Å². The summed E-state index contributed by atoms with van der Waals surface area (Å²) in [7, 11) is 0. The minimum absolute atomic E-state index is 0.0206. The Morgan fingerprint density at radius 1 is 0.750 bits per heavy atom. The van der Waals surface area contributed by atoms with Gasteiger partial charge in [-0.1, -0.05) is 72.8 Å². The average molecular weight is 744 g/mol. The molecule has 5 atom stereocenters. The summed E-state index contributed by atoms with van der Waals surface area (Å²) >= 11 is 1.56. The largest absolute Gasteiger partial charge is 0.416 e. The lowest BCUT2D eigenvalue weighted by Crippen LogP contribution is -2.58. The van der Waals surface area contributed by atoms with Gasteiger partial charge in [0.25, 0.3) is 5.91 Å². The van der Waals surface area contributed by atoms with Crippen LogP contribution >= 0.6 is 11.8 Å². The molecule has 52 heavy (non-hydrogen) atoms. The highest BCUT2D eigenvalue weighted by Gasteiger charge is 2.44. The van der Waals surface area contributed by atoms with E-state index in [1.54, 1.807) is 66.4 Å². The van der Waals surface area contributed by atoms with Crippen LogP contribution in [-0.4, -0.2) is 83.1 Å². The van der Waals surface area contributed by atoms with E-state index in [4.69, 9.17) is 5.73 Å². The third kappa shape index (κ3) is 13.3. The molecule has 0 bridgehead atoms. The zero-order valence-electron chi connectivity index (χ0n) is 28.8. The lowest BCUT2D eigenvalue weighted by Gasteiger charge is -2.28. The van der Waals surface area contributed by atoms with Crippen molar-refractivity contribution in [3.8, 4) is 11.1 Å². The molecule has 0 saturated carbocycles. The molecule has 280 valence electrons. The standard InChI is InChI=1S/C37H44F3N5O6S/c1-23(33(48)43-28(19-20-31(41)46)32(47)37(38,39)40)42-36(51)30(22-24-10-5-3-6-11-24)45-35(50)29(14-9-21-52-2)44-34(49)27-17-15-26(16-18-27)25-12-7-4-8-13-25/h3-8,10-13,15-18,23,28-30,32,47H,9,14,19-22H2,1-2H3,(H2,41,46)(H,42,51)(H,43,48)(H,44,49)(H,45,50)/t23-,28?,29+,30-,32?/m0/s1. The van der Waals surface area contributed by atoms with Gasteiger partial charge in [-0.2, -0.15) is 24.9 Å². The molecule has 15 heteroatoms. The van der Waals surface area contributed by atoms with Crippen LogP contribution in [0.4, 0.5) is 13.2 Å². The molecule has 0 spiro atoms. The van der Waals surface area contributed by atoms with Crippen molar-refractivity contribution in [2.24, 2.45) is 5.73 Å². The lowest BCUT2D eigenvalue weighted by atomic mass is 10.0. The summed E-state index contributed by atoms with van der Waals surface area (Å²) in [5.74, 6) is -3.27. The number of primary amides is 1. The Bertz CT molecular complexity index is 1630. The van der Waals surface area contributed by atoms with Gasteiger partial charge in [-0.05, 0) is 67.0 Å². The fourth-order valence-corrected chi connectivity index (χ4v) is 5.70. The molecule has 0 heterocycles. The lowest BCUT2D eigenvalue weighted by molar-refractivity contribution is -0.212. The molecule has 0 saturated heterocycles. The van der Waals surface area contributed by atoms with Gasteiger partial charge in [0.05, 0.1) is 6.04 Å². The number of benzene rings is 3. The highest BCUT2D eigenvalue weighted by Crippen LogP contribution is 2.24. The van der Waals surface area contributed by atoms with Gasteiger partial charge >= 0.3 is 6.18 Å². The number of hydrogen-bond acceptors (Lipinski definition) is 7. The van der Waals surface area contributed by atoms with Crippen molar-refractivity contribution in [2.75, 3.05) is 12.0 Å². The van der Waals surface area contributed by atoms with Gasteiger partial charge in [0.1, 0.15) is 18.1 Å². The number of amides is 5. The molecule has 0 aliphatic carbocycles. The second-order valence-electron chi connectivity index (χ2n) is 12.2. The molecule has 3 rings (SSSR count). The van der Waals surface area contributed by atoms with Crippen LogP contribution in [0.2, 0.25) is 0 Å². The molecular weight excluding hydrogens is 699 g/mol. The predicted molar refractivity (Wildman–Crippen MR) is 193 cm³/mol. The topological polar surface area (TPSA) is 180 Å². The number of hydrogen-bond donors (Lipinski definition) is 6. The first-order chi connectivity index (χ1) is 24.7. The van der Waals surface area contributed by atoms with Crippen molar-refractivity contribution in [3.63, 3.8) is 0 Å². The number of carbonyl (C=O) groups excluding carboxylic acids is 5. The number of alkyl halides is 3. The predicted octanol–water partition coefficient (Wildman–Crippen LogP) is 3.50. The number of thioether (sulfide) groups is 1. The highest BCUT2D eigenvalue weighted by molar-refractivity contribution is 7.98. The summed E-state index contributed by atoms with van der Waals surface area (Å²) in [6.07, 6.45) is -6.54. The minimum Gasteiger partial charge on any atom is -0.382 e. The smallest absolute Gasteiger partial charge is 0.382 e. The van der Waals surface area contributed by atoms with Crippen molar-refractivity contribution in [1.82, 2.24) is 21.3 Å². The fraction of sp³-hybridized carbons (Fsp3) is 0.378. The number of aliphatic hydroxyl groups excluding tert-OH is 1. The monoisotopic (exact) mass is 743 g/mol. The van der Waals surface area contributed by atoms with Crippen LogP contribution in [0, 0.1) is 0 Å². The van der Waals surface area contributed by atoms with E-state index in [1.165, 1.54) is 6.92 Å².